The number of amides is 1. The molecule has 1 atom stereocenters. The summed E-state index contributed by atoms with van der Waals surface area (Å²) in [6.45, 7) is 3.92. The van der Waals surface area contributed by atoms with Crippen LogP contribution in [0.15, 0.2) is 36.4 Å². The molecule has 1 aliphatic heterocycles. The molecule has 1 heterocycles. The summed E-state index contributed by atoms with van der Waals surface area (Å²) >= 11 is 0. The highest BCUT2D eigenvalue weighted by Crippen LogP contribution is 2.38. The maximum absolute atomic E-state index is 12.2. The summed E-state index contributed by atoms with van der Waals surface area (Å²) in [6.07, 6.45) is -0.620. The van der Waals surface area contributed by atoms with Gasteiger partial charge < -0.3 is 15.8 Å². The summed E-state index contributed by atoms with van der Waals surface area (Å²) in [5, 5.41) is 2.86. The Morgan fingerprint density at radius 2 is 1.85 bits per heavy atom. The number of carbonyl (C=O) groups excluding carboxylic acids is 1. The topological polar surface area (TPSA) is 64.3 Å². The molecule has 1 amide bonds. The molecule has 20 heavy (non-hydrogen) atoms. The van der Waals surface area contributed by atoms with E-state index in [9.17, 15) is 4.79 Å². The van der Waals surface area contributed by atoms with Gasteiger partial charge in [-0.05, 0) is 31.5 Å². The van der Waals surface area contributed by atoms with Crippen LogP contribution in [0.5, 0.6) is 5.75 Å². The molecular weight excluding hydrogens is 252 g/mol. The van der Waals surface area contributed by atoms with E-state index in [0.717, 1.165) is 16.7 Å². The van der Waals surface area contributed by atoms with Gasteiger partial charge >= 0.3 is 0 Å². The van der Waals surface area contributed by atoms with Gasteiger partial charge in [-0.1, -0.05) is 29.8 Å². The summed E-state index contributed by atoms with van der Waals surface area (Å²) in [5.41, 5.74) is 9.93. The normalized spacial score (nSPS) is 17.1. The predicted molar refractivity (Wildman–Crippen MR) is 78.8 cm³/mol. The molecule has 1 aliphatic rings. The predicted octanol–water partition coefficient (Wildman–Crippen LogP) is 2.96. The maximum Gasteiger partial charge on any atom is 0.270 e. The molecule has 0 fully saturated rings. The Kier molecular flexibility index (Phi) is 2.86. The number of aryl methyl sites for hydroxylation is 2. The van der Waals surface area contributed by atoms with Gasteiger partial charge in [0, 0.05) is 11.3 Å². The molecule has 0 spiro atoms. The second kappa shape index (κ2) is 4.56. The minimum absolute atomic E-state index is 0.175. The van der Waals surface area contributed by atoms with Gasteiger partial charge in [0.15, 0.2) is 0 Å². The highest BCUT2D eigenvalue weighted by atomic mass is 16.5. The zero-order chi connectivity index (χ0) is 14.3. The first-order chi connectivity index (χ1) is 9.54. The zero-order valence-corrected chi connectivity index (χ0v) is 11.4. The first kappa shape index (κ1) is 12.5. The molecule has 0 aromatic heterocycles. The van der Waals surface area contributed by atoms with E-state index in [2.05, 4.69) is 5.32 Å². The molecule has 0 bridgehead atoms. The van der Waals surface area contributed by atoms with Crippen LogP contribution in [-0.4, -0.2) is 5.91 Å². The second-order valence-electron chi connectivity index (χ2n) is 5.11. The first-order valence-electron chi connectivity index (χ1n) is 6.49. The third-order valence-electron chi connectivity index (χ3n) is 3.41. The highest BCUT2D eigenvalue weighted by Gasteiger charge is 2.30. The van der Waals surface area contributed by atoms with E-state index in [0.29, 0.717) is 17.1 Å². The number of anilines is 2. The fraction of sp³-hybridized carbons (Fsp3) is 0.188. The molecule has 4 nitrogen and oxygen atoms in total. The standard InChI is InChI=1S/C16H16N2O2/c1-9-3-5-11(6-4-9)15-16(19)18-13-8-12(17)7-10(2)14(13)20-15/h3-8,15H,17H2,1-2H3,(H,18,19). The van der Waals surface area contributed by atoms with Crippen molar-refractivity contribution in [2.45, 2.75) is 20.0 Å². The van der Waals surface area contributed by atoms with E-state index in [1.54, 1.807) is 6.07 Å². The lowest BCUT2D eigenvalue weighted by molar-refractivity contribution is -0.123. The Labute approximate surface area is 117 Å². The molecule has 1 unspecified atom stereocenters. The Morgan fingerprint density at radius 3 is 2.55 bits per heavy atom. The molecule has 3 N–H and O–H groups in total. The maximum atomic E-state index is 12.2. The zero-order valence-electron chi connectivity index (χ0n) is 11.4. The summed E-state index contributed by atoms with van der Waals surface area (Å²) in [6, 6.07) is 11.3. The molecule has 4 heteroatoms. The molecule has 0 saturated heterocycles. The van der Waals surface area contributed by atoms with Gasteiger partial charge in [-0.15, -0.1) is 0 Å². The Morgan fingerprint density at radius 1 is 1.15 bits per heavy atom. The van der Waals surface area contributed by atoms with Crippen LogP contribution in [0.1, 0.15) is 22.8 Å². The minimum atomic E-state index is -0.620. The number of nitrogen functional groups attached to an aromatic ring is 1. The quantitative estimate of drug-likeness (QED) is 0.781. The summed E-state index contributed by atoms with van der Waals surface area (Å²) in [7, 11) is 0. The van der Waals surface area contributed by atoms with Crippen LogP contribution in [0, 0.1) is 13.8 Å². The summed E-state index contributed by atoms with van der Waals surface area (Å²) < 4.78 is 5.89. The average molecular weight is 268 g/mol. The van der Waals surface area contributed by atoms with Gasteiger partial charge in [0.2, 0.25) is 6.10 Å². The fourth-order valence-corrected chi connectivity index (χ4v) is 2.38. The molecule has 0 radical (unpaired) electrons. The third-order valence-corrected chi connectivity index (χ3v) is 3.41. The molecule has 0 saturated carbocycles. The van der Waals surface area contributed by atoms with Crippen molar-refractivity contribution in [3.8, 4) is 5.75 Å². The molecule has 2 aromatic carbocycles. The van der Waals surface area contributed by atoms with E-state index >= 15 is 0 Å². The van der Waals surface area contributed by atoms with Crippen LogP contribution in [0.3, 0.4) is 0 Å². The number of fused-ring (bicyclic) bond motifs is 1. The lowest BCUT2D eigenvalue weighted by atomic mass is 10.0. The van der Waals surface area contributed by atoms with Crippen LogP contribution in [-0.2, 0) is 4.79 Å². The lowest BCUT2D eigenvalue weighted by Crippen LogP contribution is -2.30. The Bertz CT molecular complexity index is 678. The van der Waals surface area contributed by atoms with Gasteiger partial charge in [-0.25, -0.2) is 0 Å². The number of carbonyl (C=O) groups is 1. The van der Waals surface area contributed by atoms with E-state index in [-0.39, 0.29) is 5.91 Å². The first-order valence-corrected chi connectivity index (χ1v) is 6.49. The SMILES string of the molecule is Cc1ccc(C2Oc3c(C)cc(N)cc3NC2=O)cc1. The molecule has 3 rings (SSSR count). The average Bonchev–Trinajstić information content (AvgIpc) is 2.39. The Balaban J connectivity index is 2.00. The highest BCUT2D eigenvalue weighted by molar-refractivity contribution is 5.99. The number of rotatable bonds is 1. The molecule has 102 valence electrons. The van der Waals surface area contributed by atoms with Crippen molar-refractivity contribution in [1.29, 1.82) is 0 Å². The van der Waals surface area contributed by atoms with Crippen molar-refractivity contribution in [3.63, 3.8) is 0 Å². The van der Waals surface area contributed by atoms with Crippen LogP contribution in [0.4, 0.5) is 11.4 Å². The number of hydrogen-bond donors (Lipinski definition) is 2. The van der Waals surface area contributed by atoms with Gasteiger partial charge in [-0.2, -0.15) is 0 Å². The van der Waals surface area contributed by atoms with Gasteiger partial charge in [0.25, 0.3) is 5.91 Å². The van der Waals surface area contributed by atoms with Crippen LogP contribution in [0.25, 0.3) is 0 Å². The van der Waals surface area contributed by atoms with Crippen LogP contribution in [0.2, 0.25) is 0 Å². The largest absolute Gasteiger partial charge is 0.473 e. The molecule has 0 aliphatic carbocycles. The fourth-order valence-electron chi connectivity index (χ4n) is 2.38. The summed E-state index contributed by atoms with van der Waals surface area (Å²) in [5.74, 6) is 0.510. The van der Waals surface area contributed by atoms with E-state index in [1.807, 2.05) is 44.2 Å². The van der Waals surface area contributed by atoms with E-state index in [4.69, 9.17) is 10.5 Å². The number of nitrogens with one attached hydrogen (secondary N) is 1. The van der Waals surface area contributed by atoms with Crippen molar-refractivity contribution in [1.82, 2.24) is 0 Å². The number of ether oxygens (including phenoxy) is 1. The van der Waals surface area contributed by atoms with Crippen molar-refractivity contribution in [2.24, 2.45) is 0 Å². The van der Waals surface area contributed by atoms with Crippen molar-refractivity contribution in [2.75, 3.05) is 11.1 Å². The van der Waals surface area contributed by atoms with E-state index in [1.165, 1.54) is 0 Å². The number of nitrogens with two attached hydrogens (primary N) is 1. The van der Waals surface area contributed by atoms with Gasteiger partial charge in [-0.3, -0.25) is 4.79 Å². The van der Waals surface area contributed by atoms with Crippen LogP contribution >= 0.6 is 0 Å². The number of hydrogen-bond acceptors (Lipinski definition) is 3. The van der Waals surface area contributed by atoms with Gasteiger partial charge in [0.05, 0.1) is 5.69 Å². The molecule has 2 aromatic rings. The van der Waals surface area contributed by atoms with Crippen molar-refractivity contribution >= 4 is 17.3 Å². The van der Waals surface area contributed by atoms with Gasteiger partial charge in [0.1, 0.15) is 5.75 Å². The monoisotopic (exact) mass is 268 g/mol. The Hall–Kier alpha value is -2.49. The molecular formula is C16H16N2O2. The third kappa shape index (κ3) is 2.09. The lowest BCUT2D eigenvalue weighted by Gasteiger charge is -2.27. The van der Waals surface area contributed by atoms with Crippen molar-refractivity contribution < 1.29 is 9.53 Å². The number of benzene rings is 2. The minimum Gasteiger partial charge on any atom is -0.473 e. The van der Waals surface area contributed by atoms with Crippen molar-refractivity contribution in [3.05, 3.63) is 53.1 Å². The van der Waals surface area contributed by atoms with Crippen LogP contribution < -0.4 is 15.8 Å². The smallest absolute Gasteiger partial charge is 0.270 e. The second-order valence-corrected chi connectivity index (χ2v) is 5.11. The summed E-state index contributed by atoms with van der Waals surface area (Å²) in [4.78, 5) is 12.2. The van der Waals surface area contributed by atoms with E-state index < -0.39 is 6.10 Å².